The molecule has 0 saturated heterocycles. The smallest absolute Gasteiger partial charge is 0.264 e. The fourth-order valence-corrected chi connectivity index (χ4v) is 5.83. The van der Waals surface area contributed by atoms with Crippen LogP contribution in [0.5, 0.6) is 0 Å². The Kier molecular flexibility index (Phi) is 10.3. The van der Waals surface area contributed by atoms with Crippen LogP contribution in [-0.4, -0.2) is 50.3 Å². The van der Waals surface area contributed by atoms with Gasteiger partial charge in [-0.25, -0.2) is 8.42 Å². The lowest BCUT2D eigenvalue weighted by molar-refractivity contribution is -0.139. The molecule has 0 fully saturated rings. The zero-order chi connectivity index (χ0) is 28.6. The quantitative estimate of drug-likeness (QED) is 0.349. The molecule has 208 valence electrons. The third kappa shape index (κ3) is 7.69. The van der Waals surface area contributed by atoms with Crippen molar-refractivity contribution in [2.75, 3.05) is 17.4 Å². The van der Waals surface area contributed by atoms with E-state index in [9.17, 15) is 18.0 Å². The lowest BCUT2D eigenvalue weighted by Crippen LogP contribution is -2.54. The van der Waals surface area contributed by atoms with E-state index in [2.05, 4.69) is 5.32 Å². The summed E-state index contributed by atoms with van der Waals surface area (Å²) in [6.45, 7) is 9.30. The summed E-state index contributed by atoms with van der Waals surface area (Å²) in [7, 11) is -4.07. The molecule has 1 atom stereocenters. The molecule has 0 aromatic heterocycles. The van der Waals surface area contributed by atoms with Crippen LogP contribution >= 0.6 is 0 Å². The summed E-state index contributed by atoms with van der Waals surface area (Å²) in [5.41, 5.74) is 3.36. The summed E-state index contributed by atoms with van der Waals surface area (Å²) >= 11 is 0. The highest BCUT2D eigenvalue weighted by Crippen LogP contribution is 2.26. The monoisotopic (exact) mass is 549 g/mol. The Labute approximate surface area is 232 Å². The van der Waals surface area contributed by atoms with Gasteiger partial charge >= 0.3 is 0 Å². The molecule has 1 N–H and O–H groups in total. The molecule has 0 radical (unpaired) electrons. The normalized spacial score (nSPS) is 12.2. The minimum atomic E-state index is -4.07. The second kappa shape index (κ2) is 13.4. The van der Waals surface area contributed by atoms with Gasteiger partial charge in [0.1, 0.15) is 12.6 Å². The first-order valence-corrected chi connectivity index (χ1v) is 14.8. The fraction of sp³-hybridized carbons (Fsp3) is 0.355. The van der Waals surface area contributed by atoms with Crippen LogP contribution in [0.1, 0.15) is 43.9 Å². The molecule has 0 saturated carbocycles. The van der Waals surface area contributed by atoms with Crippen molar-refractivity contribution in [2.45, 2.75) is 64.4 Å². The third-order valence-electron chi connectivity index (χ3n) is 6.69. The number of amides is 2. The average molecular weight is 550 g/mol. The molecule has 7 nitrogen and oxygen atoms in total. The Bertz CT molecular complexity index is 1360. The van der Waals surface area contributed by atoms with Gasteiger partial charge in [-0.3, -0.25) is 13.9 Å². The summed E-state index contributed by atoms with van der Waals surface area (Å²) < 4.78 is 28.9. The zero-order valence-electron chi connectivity index (χ0n) is 23.4. The number of rotatable bonds is 12. The van der Waals surface area contributed by atoms with Crippen LogP contribution < -0.4 is 9.62 Å². The van der Waals surface area contributed by atoms with E-state index in [-0.39, 0.29) is 23.4 Å². The molecule has 0 unspecified atom stereocenters. The van der Waals surface area contributed by atoms with E-state index in [0.29, 0.717) is 18.5 Å². The SMILES string of the molecule is CC[C@H](C(=O)NC(C)C)N(CCc1ccccc1)C(=O)CN(c1ccc(C)c(C)c1)S(=O)(=O)c1ccccc1. The van der Waals surface area contributed by atoms with Gasteiger partial charge in [-0.05, 0) is 81.5 Å². The van der Waals surface area contributed by atoms with Crippen molar-refractivity contribution >= 4 is 27.5 Å². The van der Waals surface area contributed by atoms with Gasteiger partial charge in [0.2, 0.25) is 11.8 Å². The number of carbonyl (C=O) groups excluding carboxylic acids is 2. The number of carbonyl (C=O) groups is 2. The van der Waals surface area contributed by atoms with Gasteiger partial charge in [0.05, 0.1) is 10.6 Å². The standard InChI is InChI=1S/C31H39N3O4S/c1-6-29(31(36)32-23(2)3)33(20-19-26-13-9-7-10-14-26)30(35)22-34(27-18-17-24(4)25(5)21-27)39(37,38)28-15-11-8-12-16-28/h7-18,21,23,29H,6,19-20,22H2,1-5H3,(H,32,36)/t29-/m1/s1. The number of nitrogens with one attached hydrogen (secondary N) is 1. The van der Waals surface area contributed by atoms with Gasteiger partial charge < -0.3 is 10.2 Å². The Morgan fingerprint density at radius 1 is 0.872 bits per heavy atom. The van der Waals surface area contributed by atoms with E-state index < -0.39 is 28.5 Å². The van der Waals surface area contributed by atoms with Crippen molar-refractivity contribution in [3.05, 3.63) is 95.6 Å². The van der Waals surface area contributed by atoms with E-state index in [1.54, 1.807) is 30.3 Å². The molecule has 0 spiro atoms. The summed E-state index contributed by atoms with van der Waals surface area (Å²) in [5.74, 6) is -0.688. The van der Waals surface area contributed by atoms with Gasteiger partial charge in [-0.2, -0.15) is 0 Å². The second-order valence-corrected chi connectivity index (χ2v) is 11.9. The molecular formula is C31H39N3O4S. The van der Waals surface area contributed by atoms with Gasteiger partial charge in [-0.1, -0.05) is 61.5 Å². The number of hydrogen-bond acceptors (Lipinski definition) is 4. The molecule has 0 aliphatic carbocycles. The molecule has 0 aliphatic rings. The van der Waals surface area contributed by atoms with Crippen molar-refractivity contribution in [3.63, 3.8) is 0 Å². The van der Waals surface area contributed by atoms with Gasteiger partial charge in [0.15, 0.2) is 0 Å². The number of nitrogens with zero attached hydrogens (tertiary/aromatic N) is 2. The number of hydrogen-bond donors (Lipinski definition) is 1. The average Bonchev–Trinajstić information content (AvgIpc) is 2.91. The van der Waals surface area contributed by atoms with E-state index >= 15 is 0 Å². The predicted molar refractivity (Wildman–Crippen MR) is 156 cm³/mol. The third-order valence-corrected chi connectivity index (χ3v) is 8.48. The molecule has 39 heavy (non-hydrogen) atoms. The Morgan fingerprint density at radius 3 is 2.05 bits per heavy atom. The first kappa shape index (κ1) is 29.9. The molecule has 0 aliphatic heterocycles. The maximum absolute atomic E-state index is 14.0. The largest absolute Gasteiger partial charge is 0.352 e. The van der Waals surface area contributed by atoms with Crippen LogP contribution in [0.15, 0.2) is 83.8 Å². The van der Waals surface area contributed by atoms with Crippen LogP contribution in [0.4, 0.5) is 5.69 Å². The van der Waals surface area contributed by atoms with Crippen LogP contribution in [0.3, 0.4) is 0 Å². The van der Waals surface area contributed by atoms with E-state index in [0.717, 1.165) is 21.0 Å². The number of benzene rings is 3. The van der Waals surface area contributed by atoms with Crippen LogP contribution in [-0.2, 0) is 26.0 Å². The second-order valence-electron chi connectivity index (χ2n) is 10.0. The molecule has 0 heterocycles. The highest BCUT2D eigenvalue weighted by atomic mass is 32.2. The Balaban J connectivity index is 2.02. The summed E-state index contributed by atoms with van der Waals surface area (Å²) in [6, 6.07) is 22.3. The Morgan fingerprint density at radius 2 is 1.49 bits per heavy atom. The molecule has 2 amide bonds. The van der Waals surface area contributed by atoms with E-state index in [4.69, 9.17) is 0 Å². The highest BCUT2D eigenvalue weighted by molar-refractivity contribution is 7.92. The van der Waals surface area contributed by atoms with Gasteiger partial charge in [0.25, 0.3) is 10.0 Å². The maximum atomic E-state index is 14.0. The topological polar surface area (TPSA) is 86.8 Å². The molecular weight excluding hydrogens is 510 g/mol. The van der Waals surface area contributed by atoms with Crippen molar-refractivity contribution < 1.29 is 18.0 Å². The zero-order valence-corrected chi connectivity index (χ0v) is 24.2. The minimum Gasteiger partial charge on any atom is -0.352 e. The number of sulfonamides is 1. The van der Waals surface area contributed by atoms with Crippen molar-refractivity contribution in [2.24, 2.45) is 0 Å². The van der Waals surface area contributed by atoms with Crippen LogP contribution in [0.2, 0.25) is 0 Å². The van der Waals surface area contributed by atoms with E-state index in [1.165, 1.54) is 17.0 Å². The minimum absolute atomic E-state index is 0.0939. The Hall–Kier alpha value is -3.65. The first-order valence-electron chi connectivity index (χ1n) is 13.3. The van der Waals surface area contributed by atoms with Crippen molar-refractivity contribution in [3.8, 4) is 0 Å². The first-order chi connectivity index (χ1) is 18.5. The summed E-state index contributed by atoms with van der Waals surface area (Å²) in [4.78, 5) is 28.8. The maximum Gasteiger partial charge on any atom is 0.264 e. The van der Waals surface area contributed by atoms with Crippen LogP contribution in [0, 0.1) is 13.8 Å². The molecule has 0 bridgehead atoms. The highest BCUT2D eigenvalue weighted by Gasteiger charge is 2.33. The summed E-state index contributed by atoms with van der Waals surface area (Å²) in [5, 5.41) is 2.92. The molecule has 3 aromatic rings. The predicted octanol–water partition coefficient (Wildman–Crippen LogP) is 4.87. The lowest BCUT2D eigenvalue weighted by Gasteiger charge is -2.33. The van der Waals surface area contributed by atoms with Gasteiger partial charge in [-0.15, -0.1) is 0 Å². The van der Waals surface area contributed by atoms with Crippen LogP contribution in [0.25, 0.3) is 0 Å². The number of aryl methyl sites for hydroxylation is 2. The molecule has 3 rings (SSSR count). The molecule has 8 heteroatoms. The molecule has 3 aromatic carbocycles. The van der Waals surface area contributed by atoms with Gasteiger partial charge in [0, 0.05) is 12.6 Å². The number of anilines is 1. The van der Waals surface area contributed by atoms with Crippen molar-refractivity contribution in [1.82, 2.24) is 10.2 Å². The lowest BCUT2D eigenvalue weighted by atomic mass is 10.1. The van der Waals surface area contributed by atoms with E-state index in [1.807, 2.05) is 71.0 Å². The fourth-order valence-electron chi connectivity index (χ4n) is 4.41. The van der Waals surface area contributed by atoms with Crippen molar-refractivity contribution in [1.29, 1.82) is 0 Å². The summed E-state index contributed by atoms with van der Waals surface area (Å²) in [6.07, 6.45) is 0.932.